The Hall–Kier alpha value is -3.46. The second-order valence-corrected chi connectivity index (χ2v) is 7.67. The SMILES string of the molecule is CC[C@H](N)C(=O)NC.CC[C@H](NC(=O)OCC1c2ccccc2-c2ccccc21)C(=O)NC.[2H]CF. The second kappa shape index (κ2) is 15.4. The van der Waals surface area contributed by atoms with E-state index in [1.54, 1.807) is 14.1 Å². The molecule has 192 valence electrons. The highest BCUT2D eigenvalue weighted by atomic mass is 19.1. The predicted octanol–water partition coefficient (Wildman–Crippen LogP) is 3.11. The van der Waals surface area contributed by atoms with Crippen LogP contribution in [0.2, 0.25) is 0 Å². The Morgan fingerprint density at radius 3 is 1.86 bits per heavy atom. The largest absolute Gasteiger partial charge is 0.449 e. The number of carbonyl (C=O) groups excluding carboxylic acids is 3. The molecule has 1 aliphatic carbocycles. The van der Waals surface area contributed by atoms with Crippen molar-refractivity contribution in [3.8, 4) is 11.1 Å². The summed E-state index contributed by atoms with van der Waals surface area (Å²) in [5, 5.41) is 7.60. The first-order chi connectivity index (χ1) is 17.3. The number of nitrogens with one attached hydrogen (secondary N) is 3. The molecule has 0 radical (unpaired) electrons. The number of fused-ring (bicyclic) bond motifs is 3. The molecule has 0 spiro atoms. The number of carbonyl (C=O) groups is 3. The van der Waals surface area contributed by atoms with Gasteiger partial charge in [-0.25, -0.2) is 4.79 Å². The standard InChI is InChI=1S/C20H22N2O3.C5H12N2O.CH3F/c1-3-18(19(23)21-2)22-20(24)25-12-17-15-10-6-4-8-13(15)14-9-5-7-11-16(14)17;1-3-4(6)5(8)7-2;1-2/h4-11,17-18H,3,12H2,1-2H3,(H,21,23)(H,22,24);4H,3,6H2,1-2H3,(H,7,8);1H3/t18-;4-;/m00./s1/i;;1D. The number of benzene rings is 2. The van der Waals surface area contributed by atoms with Crippen LogP contribution in [0.4, 0.5) is 9.18 Å². The zero-order valence-corrected chi connectivity index (χ0v) is 20.8. The fourth-order valence-electron chi connectivity index (χ4n) is 3.68. The summed E-state index contributed by atoms with van der Waals surface area (Å²) in [6.45, 7) is 3.95. The van der Waals surface area contributed by atoms with Crippen molar-refractivity contribution in [2.75, 3.05) is 27.9 Å². The average Bonchev–Trinajstić information content (AvgIpc) is 3.23. The molecule has 3 rings (SSSR count). The van der Waals surface area contributed by atoms with Gasteiger partial charge in [0, 0.05) is 20.0 Å². The van der Waals surface area contributed by atoms with E-state index in [2.05, 4.69) is 40.2 Å². The molecular weight excluding hydrogens is 451 g/mol. The van der Waals surface area contributed by atoms with Crippen LogP contribution in [0.3, 0.4) is 0 Å². The summed E-state index contributed by atoms with van der Waals surface area (Å²) in [4.78, 5) is 34.3. The van der Waals surface area contributed by atoms with E-state index in [1.807, 2.05) is 38.1 Å². The Balaban J connectivity index is 0.000000498. The molecule has 0 aliphatic heterocycles. The Morgan fingerprint density at radius 2 is 1.46 bits per heavy atom. The molecule has 9 heteroatoms. The first-order valence-electron chi connectivity index (χ1n) is 12.1. The first kappa shape index (κ1) is 27.8. The number of likely N-dealkylation sites (N-methyl/N-ethyl adjacent to an activating group) is 2. The van der Waals surface area contributed by atoms with Gasteiger partial charge in [0.05, 0.1) is 14.6 Å². The quantitative estimate of drug-likeness (QED) is 0.476. The molecule has 35 heavy (non-hydrogen) atoms. The molecule has 0 heterocycles. The highest BCUT2D eigenvalue weighted by molar-refractivity contribution is 5.85. The highest BCUT2D eigenvalue weighted by Crippen LogP contribution is 2.44. The van der Waals surface area contributed by atoms with E-state index < -0.39 is 19.3 Å². The summed E-state index contributed by atoms with van der Waals surface area (Å²) in [6, 6.07) is 15.4. The third-order valence-corrected chi connectivity index (χ3v) is 5.63. The Bertz CT molecular complexity index is 946. The van der Waals surface area contributed by atoms with Gasteiger partial charge < -0.3 is 26.4 Å². The molecule has 0 fully saturated rings. The van der Waals surface area contributed by atoms with Crippen molar-refractivity contribution < 1.29 is 24.9 Å². The van der Waals surface area contributed by atoms with Crippen LogP contribution >= 0.6 is 0 Å². The van der Waals surface area contributed by atoms with Gasteiger partial charge in [-0.2, -0.15) is 0 Å². The van der Waals surface area contributed by atoms with Crippen molar-refractivity contribution >= 4 is 17.9 Å². The molecule has 0 saturated carbocycles. The molecule has 2 aromatic rings. The van der Waals surface area contributed by atoms with Crippen LogP contribution in [-0.2, 0) is 14.3 Å². The van der Waals surface area contributed by atoms with E-state index >= 15 is 0 Å². The molecule has 8 nitrogen and oxygen atoms in total. The van der Waals surface area contributed by atoms with Gasteiger partial charge in [-0.1, -0.05) is 62.4 Å². The van der Waals surface area contributed by atoms with Crippen LogP contribution in [-0.4, -0.2) is 57.8 Å². The van der Waals surface area contributed by atoms with Gasteiger partial charge >= 0.3 is 6.09 Å². The zero-order chi connectivity index (χ0) is 27.1. The molecule has 0 bridgehead atoms. The van der Waals surface area contributed by atoms with E-state index in [4.69, 9.17) is 11.8 Å². The molecule has 2 aromatic carbocycles. The smallest absolute Gasteiger partial charge is 0.407 e. The van der Waals surface area contributed by atoms with Crippen LogP contribution in [0.25, 0.3) is 11.1 Å². The van der Waals surface area contributed by atoms with Crippen molar-refractivity contribution in [2.45, 2.75) is 44.7 Å². The maximum absolute atomic E-state index is 12.1. The number of alkyl carbamates (subject to hydrolysis) is 1. The molecular formula is C26H37FN4O4. The van der Waals surface area contributed by atoms with Crippen LogP contribution < -0.4 is 21.7 Å². The van der Waals surface area contributed by atoms with E-state index in [-0.39, 0.29) is 30.4 Å². The van der Waals surface area contributed by atoms with Crippen molar-refractivity contribution in [3.63, 3.8) is 0 Å². The lowest BCUT2D eigenvalue weighted by atomic mass is 9.98. The normalized spacial score (nSPS) is 13.1. The van der Waals surface area contributed by atoms with E-state index in [1.165, 1.54) is 11.1 Å². The van der Waals surface area contributed by atoms with Gasteiger partial charge in [0.1, 0.15) is 12.6 Å². The third-order valence-electron chi connectivity index (χ3n) is 5.63. The topological polar surface area (TPSA) is 123 Å². The van der Waals surface area contributed by atoms with Crippen molar-refractivity contribution in [3.05, 3.63) is 59.7 Å². The molecule has 3 amide bonds. The van der Waals surface area contributed by atoms with Crippen molar-refractivity contribution in [1.29, 1.82) is 0 Å². The van der Waals surface area contributed by atoms with Gasteiger partial charge in [0.25, 0.3) is 0 Å². The number of amides is 3. The van der Waals surface area contributed by atoms with Gasteiger partial charge in [-0.05, 0) is 35.1 Å². The maximum atomic E-state index is 12.1. The van der Waals surface area contributed by atoms with Crippen molar-refractivity contribution in [1.82, 2.24) is 16.0 Å². The molecule has 0 unspecified atom stereocenters. The predicted molar refractivity (Wildman–Crippen MR) is 136 cm³/mol. The van der Waals surface area contributed by atoms with Gasteiger partial charge in [0.15, 0.2) is 0 Å². The number of ether oxygens (including phenoxy) is 1. The lowest BCUT2D eigenvalue weighted by Crippen LogP contribution is -2.45. The number of alkyl halides is 1. The highest BCUT2D eigenvalue weighted by Gasteiger charge is 2.29. The Kier molecular flexibility index (Phi) is 12.3. The molecule has 0 aromatic heterocycles. The molecule has 0 saturated heterocycles. The monoisotopic (exact) mass is 489 g/mol. The summed E-state index contributed by atoms with van der Waals surface area (Å²) < 4.78 is 20.9. The number of hydrogen-bond donors (Lipinski definition) is 4. The second-order valence-electron chi connectivity index (χ2n) is 7.67. The van der Waals surface area contributed by atoms with Crippen LogP contribution in [0.1, 0.15) is 45.1 Å². The van der Waals surface area contributed by atoms with Gasteiger partial charge in [-0.15, -0.1) is 0 Å². The molecule has 2 atom stereocenters. The van der Waals surface area contributed by atoms with Gasteiger partial charge in [0.2, 0.25) is 11.8 Å². The fraction of sp³-hybridized carbons (Fsp3) is 0.423. The molecule has 1 aliphatic rings. The fourth-order valence-corrected chi connectivity index (χ4v) is 3.68. The molecule has 5 N–H and O–H groups in total. The van der Waals surface area contributed by atoms with Gasteiger partial charge in [-0.3, -0.25) is 14.0 Å². The minimum absolute atomic E-state index is 0.0122. The summed E-state index contributed by atoms with van der Waals surface area (Å²) >= 11 is 0. The lowest BCUT2D eigenvalue weighted by molar-refractivity contribution is -0.123. The number of halogens is 1. The Morgan fingerprint density at radius 1 is 0.971 bits per heavy atom. The summed E-state index contributed by atoms with van der Waals surface area (Å²) in [5.41, 5.74) is 10.0. The Labute approximate surface area is 208 Å². The van der Waals surface area contributed by atoms with Crippen LogP contribution in [0.5, 0.6) is 0 Å². The van der Waals surface area contributed by atoms with E-state index in [0.717, 1.165) is 11.1 Å². The summed E-state index contributed by atoms with van der Waals surface area (Å²) in [5.74, 6) is -0.304. The summed E-state index contributed by atoms with van der Waals surface area (Å²) in [7, 11) is 2.13. The number of rotatable bonds is 7. The van der Waals surface area contributed by atoms with E-state index in [0.29, 0.717) is 12.8 Å². The van der Waals surface area contributed by atoms with Crippen LogP contribution in [0.15, 0.2) is 48.5 Å². The van der Waals surface area contributed by atoms with E-state index in [9.17, 15) is 18.8 Å². The average molecular weight is 490 g/mol. The number of hydrogen-bond acceptors (Lipinski definition) is 5. The zero-order valence-electron chi connectivity index (χ0n) is 21.8. The third kappa shape index (κ3) is 8.06. The minimum atomic E-state index is -1.00. The number of nitrogens with two attached hydrogens (primary N) is 1. The first-order valence-corrected chi connectivity index (χ1v) is 11.4. The minimum Gasteiger partial charge on any atom is -0.449 e. The summed E-state index contributed by atoms with van der Waals surface area (Å²) in [6.07, 6.45) is 0.626. The lowest BCUT2D eigenvalue weighted by Gasteiger charge is -2.18. The van der Waals surface area contributed by atoms with Crippen LogP contribution in [0, 0.1) is 0 Å². The van der Waals surface area contributed by atoms with Crippen molar-refractivity contribution in [2.24, 2.45) is 5.73 Å². The maximum Gasteiger partial charge on any atom is 0.407 e.